The lowest BCUT2D eigenvalue weighted by molar-refractivity contribution is 0.0487. The van der Waals surface area contributed by atoms with Crippen molar-refractivity contribution in [2.75, 3.05) is 19.8 Å². The molecule has 1 aliphatic heterocycles. The van der Waals surface area contributed by atoms with Gasteiger partial charge >= 0.3 is 0 Å². The molecular formula is C23H23ClN2O2S. The Morgan fingerprint density at radius 3 is 2.52 bits per heavy atom. The highest BCUT2D eigenvalue weighted by atomic mass is 35.5. The first kappa shape index (κ1) is 20.1. The molecule has 0 radical (unpaired) electrons. The summed E-state index contributed by atoms with van der Waals surface area (Å²) < 4.78 is 5.59. The minimum absolute atomic E-state index is 0.0676. The van der Waals surface area contributed by atoms with Crippen LogP contribution in [0, 0.1) is 6.92 Å². The van der Waals surface area contributed by atoms with E-state index >= 15 is 0 Å². The van der Waals surface area contributed by atoms with Gasteiger partial charge in [-0.3, -0.25) is 4.79 Å². The van der Waals surface area contributed by atoms with Crippen LogP contribution in [0.25, 0.3) is 10.6 Å². The number of halogens is 1. The van der Waals surface area contributed by atoms with E-state index < -0.39 is 0 Å². The summed E-state index contributed by atoms with van der Waals surface area (Å²) in [5.41, 5.74) is 2.84. The molecule has 0 bridgehead atoms. The quantitative estimate of drug-likeness (QED) is 0.606. The Bertz CT molecular complexity index is 980. The third-order valence-corrected chi connectivity index (χ3v) is 6.97. The predicted molar refractivity (Wildman–Crippen MR) is 118 cm³/mol. The van der Waals surface area contributed by atoms with Crippen LogP contribution in [0.2, 0.25) is 5.02 Å². The summed E-state index contributed by atoms with van der Waals surface area (Å²) in [6, 6.07) is 17.9. The molecule has 0 atom stereocenters. The highest BCUT2D eigenvalue weighted by Gasteiger charge is 2.35. The highest BCUT2D eigenvalue weighted by Crippen LogP contribution is 2.35. The molecule has 29 heavy (non-hydrogen) atoms. The summed E-state index contributed by atoms with van der Waals surface area (Å²) in [6.45, 7) is 3.84. The molecular weight excluding hydrogens is 404 g/mol. The standard InChI is InChI=1S/C23H23ClN2O2S/c1-16-20(29-22(26-16)17-5-3-2-4-6-17)21(27)25-15-23(11-13-28-14-12-23)18-7-9-19(24)10-8-18/h2-10H,11-15H2,1H3,(H,25,27). The van der Waals surface area contributed by atoms with Crippen molar-refractivity contribution in [2.45, 2.75) is 25.2 Å². The van der Waals surface area contributed by atoms with E-state index in [4.69, 9.17) is 16.3 Å². The lowest BCUT2D eigenvalue weighted by atomic mass is 9.74. The average molecular weight is 427 g/mol. The van der Waals surface area contributed by atoms with Crippen molar-refractivity contribution >= 4 is 28.8 Å². The number of amides is 1. The minimum atomic E-state index is -0.140. The first-order valence-corrected chi connectivity index (χ1v) is 10.9. The maximum atomic E-state index is 13.0. The van der Waals surface area contributed by atoms with Crippen molar-refractivity contribution in [3.63, 3.8) is 0 Å². The Morgan fingerprint density at radius 2 is 1.83 bits per heavy atom. The summed E-state index contributed by atoms with van der Waals surface area (Å²) in [4.78, 5) is 18.3. The number of thiazole rings is 1. The molecule has 1 aliphatic rings. The predicted octanol–water partition coefficient (Wildman–Crippen LogP) is 5.25. The smallest absolute Gasteiger partial charge is 0.263 e. The molecule has 1 fully saturated rings. The number of benzene rings is 2. The van der Waals surface area contributed by atoms with Crippen LogP contribution < -0.4 is 5.32 Å². The molecule has 0 aliphatic carbocycles. The van der Waals surface area contributed by atoms with Crippen molar-refractivity contribution in [3.05, 3.63) is 75.8 Å². The van der Waals surface area contributed by atoms with Gasteiger partial charge in [0.25, 0.3) is 5.91 Å². The minimum Gasteiger partial charge on any atom is -0.381 e. The van der Waals surface area contributed by atoms with Crippen LogP contribution in [-0.4, -0.2) is 30.6 Å². The number of aromatic nitrogens is 1. The van der Waals surface area contributed by atoms with Gasteiger partial charge in [-0.1, -0.05) is 54.1 Å². The zero-order valence-corrected chi connectivity index (χ0v) is 17.9. The van der Waals surface area contributed by atoms with E-state index in [0.29, 0.717) is 29.7 Å². The Hall–Kier alpha value is -2.21. The molecule has 1 N–H and O–H groups in total. The molecule has 1 saturated heterocycles. The number of hydrogen-bond donors (Lipinski definition) is 1. The summed E-state index contributed by atoms with van der Waals surface area (Å²) in [5.74, 6) is -0.0676. The van der Waals surface area contributed by atoms with Crippen LogP contribution in [0.15, 0.2) is 54.6 Å². The van der Waals surface area contributed by atoms with E-state index in [1.807, 2.05) is 49.4 Å². The molecule has 150 valence electrons. The Labute approximate surface area is 179 Å². The van der Waals surface area contributed by atoms with Crippen LogP contribution >= 0.6 is 22.9 Å². The summed E-state index contributed by atoms with van der Waals surface area (Å²) in [5, 5.41) is 4.75. The van der Waals surface area contributed by atoms with Crippen LogP contribution in [0.3, 0.4) is 0 Å². The first-order valence-electron chi connectivity index (χ1n) is 9.72. The van der Waals surface area contributed by atoms with E-state index in [0.717, 1.165) is 29.1 Å². The van der Waals surface area contributed by atoms with Crippen LogP contribution in [-0.2, 0) is 10.2 Å². The molecule has 4 rings (SSSR count). The fraction of sp³-hybridized carbons (Fsp3) is 0.304. The van der Waals surface area contributed by atoms with E-state index in [1.54, 1.807) is 0 Å². The third-order valence-electron chi connectivity index (χ3n) is 5.52. The van der Waals surface area contributed by atoms with Gasteiger partial charge in [0.05, 0.1) is 5.69 Å². The largest absolute Gasteiger partial charge is 0.381 e. The number of rotatable bonds is 5. The lowest BCUT2D eigenvalue weighted by Gasteiger charge is -2.38. The van der Waals surface area contributed by atoms with Gasteiger partial charge in [0.2, 0.25) is 0 Å². The van der Waals surface area contributed by atoms with E-state index in [1.165, 1.54) is 16.9 Å². The average Bonchev–Trinajstić information content (AvgIpc) is 3.15. The van der Waals surface area contributed by atoms with Gasteiger partial charge in [0.15, 0.2) is 0 Å². The fourth-order valence-electron chi connectivity index (χ4n) is 3.77. The number of ether oxygens (including phenoxy) is 1. The van der Waals surface area contributed by atoms with Crippen molar-refractivity contribution in [3.8, 4) is 10.6 Å². The zero-order chi connectivity index (χ0) is 20.3. The molecule has 2 aromatic carbocycles. The topological polar surface area (TPSA) is 51.2 Å². The molecule has 0 unspecified atom stereocenters. The molecule has 4 nitrogen and oxygen atoms in total. The second-order valence-corrected chi connectivity index (χ2v) is 8.82. The number of nitrogens with zero attached hydrogens (tertiary/aromatic N) is 1. The molecule has 6 heteroatoms. The second-order valence-electron chi connectivity index (χ2n) is 7.38. The molecule has 0 saturated carbocycles. The molecule has 2 heterocycles. The maximum Gasteiger partial charge on any atom is 0.263 e. The Morgan fingerprint density at radius 1 is 1.14 bits per heavy atom. The number of nitrogens with one attached hydrogen (secondary N) is 1. The van der Waals surface area contributed by atoms with Crippen molar-refractivity contribution < 1.29 is 9.53 Å². The van der Waals surface area contributed by atoms with Crippen molar-refractivity contribution in [2.24, 2.45) is 0 Å². The third kappa shape index (κ3) is 4.37. The molecule has 0 spiro atoms. The van der Waals surface area contributed by atoms with Gasteiger partial charge in [0.1, 0.15) is 9.88 Å². The van der Waals surface area contributed by atoms with Crippen molar-refractivity contribution in [1.82, 2.24) is 10.3 Å². The Balaban J connectivity index is 1.53. The van der Waals surface area contributed by atoms with Crippen LogP contribution in [0.5, 0.6) is 0 Å². The zero-order valence-electron chi connectivity index (χ0n) is 16.3. The molecule has 1 amide bonds. The summed E-state index contributed by atoms with van der Waals surface area (Å²) >= 11 is 7.51. The SMILES string of the molecule is Cc1nc(-c2ccccc2)sc1C(=O)NCC1(c2ccc(Cl)cc2)CCOCC1. The van der Waals surface area contributed by atoms with Gasteiger partial charge in [-0.15, -0.1) is 11.3 Å². The number of hydrogen-bond acceptors (Lipinski definition) is 4. The normalized spacial score (nSPS) is 15.8. The summed E-state index contributed by atoms with van der Waals surface area (Å²) in [7, 11) is 0. The number of aryl methyl sites for hydroxylation is 1. The van der Waals surface area contributed by atoms with E-state index in [2.05, 4.69) is 22.4 Å². The second kappa shape index (κ2) is 8.66. The van der Waals surface area contributed by atoms with Gasteiger partial charge in [-0.25, -0.2) is 4.98 Å². The molecule has 1 aromatic heterocycles. The van der Waals surface area contributed by atoms with Crippen LogP contribution in [0.4, 0.5) is 0 Å². The first-order chi connectivity index (χ1) is 14.1. The number of carbonyl (C=O) groups is 1. The van der Waals surface area contributed by atoms with Crippen LogP contribution in [0.1, 0.15) is 33.8 Å². The fourth-order valence-corrected chi connectivity index (χ4v) is 4.89. The van der Waals surface area contributed by atoms with Crippen molar-refractivity contribution in [1.29, 1.82) is 0 Å². The van der Waals surface area contributed by atoms with E-state index in [-0.39, 0.29) is 11.3 Å². The van der Waals surface area contributed by atoms with E-state index in [9.17, 15) is 4.79 Å². The monoisotopic (exact) mass is 426 g/mol. The highest BCUT2D eigenvalue weighted by molar-refractivity contribution is 7.17. The molecule has 3 aromatic rings. The number of carbonyl (C=O) groups excluding carboxylic acids is 1. The van der Waals surface area contributed by atoms with Gasteiger partial charge in [0, 0.05) is 35.8 Å². The lowest BCUT2D eigenvalue weighted by Crippen LogP contribution is -2.44. The van der Waals surface area contributed by atoms with Gasteiger partial charge in [-0.2, -0.15) is 0 Å². The van der Waals surface area contributed by atoms with Gasteiger partial charge < -0.3 is 10.1 Å². The van der Waals surface area contributed by atoms with Gasteiger partial charge in [-0.05, 0) is 37.5 Å². The maximum absolute atomic E-state index is 13.0. The Kier molecular flexibility index (Phi) is 5.99. The summed E-state index contributed by atoms with van der Waals surface area (Å²) in [6.07, 6.45) is 1.73.